The van der Waals surface area contributed by atoms with Crippen molar-refractivity contribution in [3.8, 4) is 5.75 Å². The van der Waals surface area contributed by atoms with Crippen LogP contribution in [0.4, 0.5) is 11.4 Å². The summed E-state index contributed by atoms with van der Waals surface area (Å²) in [5.74, 6) is 0.843. The third-order valence-electron chi connectivity index (χ3n) is 5.04. The van der Waals surface area contributed by atoms with Gasteiger partial charge in [-0.05, 0) is 70.9 Å². The molecule has 1 aromatic rings. The summed E-state index contributed by atoms with van der Waals surface area (Å²) in [6.45, 7) is 4.60. The smallest absolute Gasteiger partial charge is 0.296 e. The van der Waals surface area contributed by atoms with Crippen LogP contribution in [0.5, 0.6) is 5.75 Å². The number of piperidine rings is 1. The molecule has 0 spiro atoms. The van der Waals surface area contributed by atoms with Crippen molar-refractivity contribution in [1.82, 2.24) is 10.2 Å². The van der Waals surface area contributed by atoms with Crippen LogP contribution < -0.4 is 15.4 Å². The number of anilines is 1. The average molecular weight is 364 g/mol. The Bertz CT molecular complexity index is 630. The van der Waals surface area contributed by atoms with Gasteiger partial charge in [0, 0.05) is 0 Å². The van der Waals surface area contributed by atoms with E-state index in [0.717, 1.165) is 38.9 Å². The first-order valence-electron chi connectivity index (χ1n) is 8.98. The lowest BCUT2D eigenvalue weighted by Crippen LogP contribution is -2.46. The van der Waals surface area contributed by atoms with Crippen molar-refractivity contribution in [3.05, 3.63) is 28.3 Å². The first-order chi connectivity index (χ1) is 12.5. The molecule has 1 atom stereocenters. The zero-order chi connectivity index (χ0) is 19.1. The fraction of sp³-hybridized carbons (Fsp3) is 0.611. The molecule has 1 unspecified atom stereocenters. The summed E-state index contributed by atoms with van der Waals surface area (Å²) in [7, 11) is 3.40. The van der Waals surface area contributed by atoms with E-state index in [-0.39, 0.29) is 23.3 Å². The summed E-state index contributed by atoms with van der Waals surface area (Å²) in [5, 5.41) is 17.1. The van der Waals surface area contributed by atoms with Crippen molar-refractivity contribution in [2.24, 2.45) is 5.92 Å². The molecule has 1 amide bonds. The van der Waals surface area contributed by atoms with Crippen LogP contribution in [0, 0.1) is 16.0 Å². The summed E-state index contributed by atoms with van der Waals surface area (Å²) in [6, 6.07) is 4.08. The second-order valence-corrected chi connectivity index (χ2v) is 6.68. The van der Waals surface area contributed by atoms with Crippen LogP contribution >= 0.6 is 0 Å². The molecule has 144 valence electrons. The Labute approximate surface area is 154 Å². The number of nitro groups is 1. The Morgan fingerprint density at radius 3 is 2.69 bits per heavy atom. The second-order valence-electron chi connectivity index (χ2n) is 6.68. The molecule has 0 aliphatic carbocycles. The van der Waals surface area contributed by atoms with Gasteiger partial charge in [-0.25, -0.2) is 0 Å². The number of likely N-dealkylation sites (tertiary alicyclic amines) is 1. The van der Waals surface area contributed by atoms with E-state index in [9.17, 15) is 14.9 Å². The van der Waals surface area contributed by atoms with Crippen LogP contribution in [0.3, 0.4) is 0 Å². The molecule has 1 heterocycles. The molecule has 26 heavy (non-hydrogen) atoms. The number of nitro benzene ring substituents is 1. The molecule has 2 N–H and O–H groups in total. The number of amides is 1. The summed E-state index contributed by atoms with van der Waals surface area (Å²) in [5.41, 5.74) is 0.0206. The molecule has 8 heteroatoms. The van der Waals surface area contributed by atoms with Gasteiger partial charge in [-0.2, -0.15) is 0 Å². The van der Waals surface area contributed by atoms with Gasteiger partial charge in [-0.3, -0.25) is 19.8 Å². The molecule has 8 nitrogen and oxygen atoms in total. The Morgan fingerprint density at radius 1 is 1.42 bits per heavy atom. The van der Waals surface area contributed by atoms with Gasteiger partial charge in [-0.1, -0.05) is 0 Å². The van der Waals surface area contributed by atoms with E-state index in [2.05, 4.69) is 15.5 Å². The van der Waals surface area contributed by atoms with E-state index in [1.165, 1.54) is 19.2 Å². The van der Waals surface area contributed by atoms with E-state index in [4.69, 9.17) is 4.74 Å². The number of nitrogens with zero attached hydrogens (tertiary/aromatic N) is 2. The quantitative estimate of drug-likeness (QED) is 0.542. The van der Waals surface area contributed by atoms with Crippen molar-refractivity contribution in [1.29, 1.82) is 0 Å². The van der Waals surface area contributed by atoms with Gasteiger partial charge in [0.1, 0.15) is 11.4 Å². The third kappa shape index (κ3) is 5.15. The lowest BCUT2D eigenvalue weighted by Gasteiger charge is -2.35. The Hall–Kier alpha value is -2.19. The van der Waals surface area contributed by atoms with E-state index in [0.29, 0.717) is 11.7 Å². The number of carbonyl (C=O) groups is 1. The Balaban J connectivity index is 1.96. The van der Waals surface area contributed by atoms with Gasteiger partial charge in [0.05, 0.1) is 24.1 Å². The highest BCUT2D eigenvalue weighted by Crippen LogP contribution is 2.29. The Kier molecular flexibility index (Phi) is 7.35. The van der Waals surface area contributed by atoms with E-state index >= 15 is 0 Å². The van der Waals surface area contributed by atoms with Crippen molar-refractivity contribution >= 4 is 17.3 Å². The monoisotopic (exact) mass is 364 g/mol. The van der Waals surface area contributed by atoms with Crippen LogP contribution in [0.2, 0.25) is 0 Å². The van der Waals surface area contributed by atoms with Gasteiger partial charge >= 0.3 is 0 Å². The molecule has 0 bridgehead atoms. The molecule has 1 aromatic carbocycles. The van der Waals surface area contributed by atoms with Crippen LogP contribution in [0.15, 0.2) is 18.2 Å². The predicted molar refractivity (Wildman–Crippen MR) is 101 cm³/mol. The fourth-order valence-electron chi connectivity index (χ4n) is 3.28. The number of hydrogen-bond acceptors (Lipinski definition) is 6. The van der Waals surface area contributed by atoms with Crippen molar-refractivity contribution < 1.29 is 14.5 Å². The number of methoxy groups -OCH3 is 1. The molecule has 0 saturated carbocycles. The standard InChI is InChI=1S/C18H28N4O4/c1-13(21-10-7-14(8-11-21)6-9-19-2)18(23)20-16-5-4-15(26-3)12-17(16)22(24)25/h4-5,12-14,19H,6-11H2,1-3H3,(H,20,23). The van der Waals surface area contributed by atoms with E-state index < -0.39 is 4.92 Å². The maximum atomic E-state index is 12.6. The van der Waals surface area contributed by atoms with E-state index in [1.807, 2.05) is 14.0 Å². The number of benzene rings is 1. The van der Waals surface area contributed by atoms with Crippen LogP contribution in [0.1, 0.15) is 26.2 Å². The minimum absolute atomic E-state index is 0.171. The second kappa shape index (κ2) is 9.49. The summed E-state index contributed by atoms with van der Waals surface area (Å²) in [6.07, 6.45) is 3.30. The van der Waals surface area contributed by atoms with Crippen molar-refractivity contribution in [2.75, 3.05) is 39.1 Å². The summed E-state index contributed by atoms with van der Waals surface area (Å²) >= 11 is 0. The number of nitrogens with one attached hydrogen (secondary N) is 2. The molecular formula is C18H28N4O4. The van der Waals surface area contributed by atoms with Gasteiger partial charge in [0.2, 0.25) is 5.91 Å². The van der Waals surface area contributed by atoms with Crippen LogP contribution in [-0.4, -0.2) is 55.6 Å². The third-order valence-corrected chi connectivity index (χ3v) is 5.04. The fourth-order valence-corrected chi connectivity index (χ4v) is 3.28. The van der Waals surface area contributed by atoms with Crippen molar-refractivity contribution in [3.63, 3.8) is 0 Å². The maximum absolute atomic E-state index is 12.6. The molecule has 1 aliphatic heterocycles. The minimum Gasteiger partial charge on any atom is -0.496 e. The summed E-state index contributed by atoms with van der Waals surface area (Å²) in [4.78, 5) is 25.4. The molecule has 1 saturated heterocycles. The topological polar surface area (TPSA) is 96.7 Å². The normalized spacial score (nSPS) is 16.9. The molecule has 1 fully saturated rings. The molecule has 1 aliphatic rings. The number of rotatable bonds is 8. The van der Waals surface area contributed by atoms with Gasteiger partial charge < -0.3 is 15.4 Å². The molecular weight excluding hydrogens is 336 g/mol. The average Bonchev–Trinajstić information content (AvgIpc) is 2.66. The van der Waals surface area contributed by atoms with Gasteiger partial charge in [0.25, 0.3) is 5.69 Å². The van der Waals surface area contributed by atoms with Crippen LogP contribution in [-0.2, 0) is 4.79 Å². The highest BCUT2D eigenvalue weighted by atomic mass is 16.6. The first-order valence-corrected chi connectivity index (χ1v) is 8.98. The van der Waals surface area contributed by atoms with E-state index in [1.54, 1.807) is 6.07 Å². The number of carbonyl (C=O) groups excluding carboxylic acids is 1. The highest BCUT2D eigenvalue weighted by Gasteiger charge is 2.27. The van der Waals surface area contributed by atoms with Gasteiger partial charge in [0.15, 0.2) is 0 Å². The highest BCUT2D eigenvalue weighted by molar-refractivity contribution is 5.96. The SMILES string of the molecule is CNCCC1CCN(C(C)C(=O)Nc2ccc(OC)cc2[N+](=O)[O-])CC1. The minimum atomic E-state index is -0.518. The lowest BCUT2D eigenvalue weighted by atomic mass is 9.93. The molecule has 0 aromatic heterocycles. The van der Waals surface area contributed by atoms with Gasteiger partial charge in [-0.15, -0.1) is 0 Å². The lowest BCUT2D eigenvalue weighted by molar-refractivity contribution is -0.384. The number of ether oxygens (including phenoxy) is 1. The predicted octanol–water partition coefficient (Wildman–Crippen LogP) is 2.25. The van der Waals surface area contributed by atoms with Crippen LogP contribution in [0.25, 0.3) is 0 Å². The summed E-state index contributed by atoms with van der Waals surface area (Å²) < 4.78 is 5.02. The molecule has 2 rings (SSSR count). The first kappa shape index (κ1) is 20.1. The number of hydrogen-bond donors (Lipinski definition) is 2. The largest absolute Gasteiger partial charge is 0.496 e. The molecule has 0 radical (unpaired) electrons. The maximum Gasteiger partial charge on any atom is 0.296 e. The Morgan fingerprint density at radius 2 is 2.12 bits per heavy atom. The zero-order valence-corrected chi connectivity index (χ0v) is 15.7. The van der Waals surface area contributed by atoms with Crippen molar-refractivity contribution in [2.45, 2.75) is 32.2 Å². The zero-order valence-electron chi connectivity index (χ0n) is 15.7.